The van der Waals surface area contributed by atoms with Gasteiger partial charge in [0.05, 0.1) is 5.69 Å². The Labute approximate surface area is 128 Å². The van der Waals surface area contributed by atoms with Gasteiger partial charge in [0.15, 0.2) is 0 Å². The van der Waals surface area contributed by atoms with Gasteiger partial charge in [-0.3, -0.25) is 4.79 Å². The van der Waals surface area contributed by atoms with Crippen LogP contribution in [-0.4, -0.2) is 25.5 Å². The molecule has 3 nitrogen and oxygen atoms in total. The lowest BCUT2D eigenvalue weighted by Crippen LogP contribution is -2.36. The van der Waals surface area contributed by atoms with Crippen molar-refractivity contribution in [3.8, 4) is 0 Å². The first-order valence-electron chi connectivity index (χ1n) is 7.56. The maximum atomic E-state index is 12.2. The van der Waals surface area contributed by atoms with Crippen LogP contribution >= 0.6 is 15.9 Å². The van der Waals surface area contributed by atoms with E-state index in [1.807, 2.05) is 4.90 Å². The second kappa shape index (κ2) is 5.86. The van der Waals surface area contributed by atoms with E-state index in [9.17, 15) is 4.79 Å². The summed E-state index contributed by atoms with van der Waals surface area (Å²) in [5.41, 5.74) is 5.32. The Hall–Kier alpha value is -0.870. The molecule has 3 rings (SSSR count). The third kappa shape index (κ3) is 2.40. The van der Waals surface area contributed by atoms with Crippen molar-refractivity contribution in [1.82, 2.24) is 5.32 Å². The topological polar surface area (TPSA) is 32.3 Å². The Morgan fingerprint density at radius 2 is 2.00 bits per heavy atom. The van der Waals surface area contributed by atoms with E-state index in [-0.39, 0.29) is 5.91 Å². The maximum absolute atomic E-state index is 12.2. The number of aryl methyl sites for hydroxylation is 1. The van der Waals surface area contributed by atoms with E-state index < -0.39 is 0 Å². The summed E-state index contributed by atoms with van der Waals surface area (Å²) < 4.78 is 1.16. The van der Waals surface area contributed by atoms with Gasteiger partial charge in [-0.1, -0.05) is 13.0 Å². The lowest BCUT2D eigenvalue weighted by molar-refractivity contribution is -0.118. The largest absolute Gasteiger partial charge is 0.316 e. The van der Waals surface area contributed by atoms with Gasteiger partial charge in [-0.25, -0.2) is 0 Å². The summed E-state index contributed by atoms with van der Waals surface area (Å²) in [6, 6.07) is 2.34. The number of fused-ring (bicyclic) bond motifs is 2. The van der Waals surface area contributed by atoms with Crippen molar-refractivity contribution in [3.63, 3.8) is 0 Å². The highest BCUT2D eigenvalue weighted by atomic mass is 79.9. The number of amides is 1. The van der Waals surface area contributed by atoms with E-state index in [1.54, 1.807) is 0 Å². The lowest BCUT2D eigenvalue weighted by atomic mass is 9.93. The Morgan fingerprint density at radius 3 is 2.80 bits per heavy atom. The molecule has 4 heteroatoms. The molecule has 0 spiro atoms. The molecule has 20 heavy (non-hydrogen) atoms. The fourth-order valence-corrected chi connectivity index (χ4v) is 4.21. The highest BCUT2D eigenvalue weighted by molar-refractivity contribution is 9.10. The van der Waals surface area contributed by atoms with Crippen LogP contribution in [0.3, 0.4) is 0 Å². The molecule has 1 aromatic rings. The van der Waals surface area contributed by atoms with Gasteiger partial charge < -0.3 is 10.2 Å². The first-order valence-corrected chi connectivity index (χ1v) is 8.36. The number of anilines is 1. The van der Waals surface area contributed by atoms with Crippen molar-refractivity contribution in [2.24, 2.45) is 0 Å². The summed E-state index contributed by atoms with van der Waals surface area (Å²) in [6.45, 7) is 5.02. The van der Waals surface area contributed by atoms with Gasteiger partial charge in [-0.15, -0.1) is 0 Å². The number of nitrogens with zero attached hydrogens (tertiary/aromatic N) is 1. The summed E-state index contributed by atoms with van der Waals surface area (Å²) in [5.74, 6) is 0.270. The van der Waals surface area contributed by atoms with Crippen molar-refractivity contribution in [2.45, 2.75) is 39.0 Å². The van der Waals surface area contributed by atoms with Crippen molar-refractivity contribution in [2.75, 3.05) is 24.5 Å². The molecule has 0 saturated carbocycles. The number of nitrogens with one attached hydrogen (secondary N) is 1. The summed E-state index contributed by atoms with van der Waals surface area (Å²) in [5, 5.41) is 3.46. The minimum absolute atomic E-state index is 0.270. The van der Waals surface area contributed by atoms with Crippen LogP contribution < -0.4 is 10.2 Å². The number of rotatable bonds is 2. The molecule has 0 fully saturated rings. The van der Waals surface area contributed by atoms with Crippen LogP contribution in [0.25, 0.3) is 0 Å². The number of halogens is 1. The Kier molecular flexibility index (Phi) is 4.13. The van der Waals surface area contributed by atoms with Gasteiger partial charge in [0.2, 0.25) is 5.91 Å². The van der Waals surface area contributed by atoms with E-state index >= 15 is 0 Å². The van der Waals surface area contributed by atoms with Gasteiger partial charge in [0.25, 0.3) is 0 Å². The Bertz CT molecular complexity index is 542. The molecule has 1 N–H and O–H groups in total. The highest BCUT2D eigenvalue weighted by Crippen LogP contribution is 2.40. The predicted molar refractivity (Wildman–Crippen MR) is 85.4 cm³/mol. The van der Waals surface area contributed by atoms with Crippen LogP contribution in [-0.2, 0) is 24.1 Å². The van der Waals surface area contributed by atoms with Gasteiger partial charge >= 0.3 is 0 Å². The van der Waals surface area contributed by atoms with E-state index in [4.69, 9.17) is 0 Å². The molecule has 0 aromatic heterocycles. The van der Waals surface area contributed by atoms with Crippen LogP contribution in [0.15, 0.2) is 10.5 Å². The molecular formula is C16H21BrN2O. The van der Waals surface area contributed by atoms with Crippen LogP contribution in [0.2, 0.25) is 0 Å². The fraction of sp³-hybridized carbons (Fsp3) is 0.562. The number of carbonyl (C=O) groups excluding carboxylic acids is 1. The number of hydrogen-bond donors (Lipinski definition) is 1. The SMILES string of the molecule is CCCN1C(=O)CCc2cc3c(c(Br)c21)CCNCC3. The van der Waals surface area contributed by atoms with E-state index in [2.05, 4.69) is 34.2 Å². The second-order valence-corrected chi connectivity index (χ2v) is 6.42. The van der Waals surface area contributed by atoms with Gasteiger partial charge in [0.1, 0.15) is 0 Å². The summed E-state index contributed by atoms with van der Waals surface area (Å²) >= 11 is 3.80. The predicted octanol–water partition coefficient (Wildman–Crippen LogP) is 2.83. The van der Waals surface area contributed by atoms with Crippen molar-refractivity contribution < 1.29 is 4.79 Å². The third-order valence-corrected chi connectivity index (χ3v) is 5.12. The van der Waals surface area contributed by atoms with Crippen LogP contribution in [0, 0.1) is 0 Å². The normalized spacial score (nSPS) is 18.5. The zero-order chi connectivity index (χ0) is 14.1. The zero-order valence-corrected chi connectivity index (χ0v) is 13.6. The zero-order valence-electron chi connectivity index (χ0n) is 12.0. The first-order chi connectivity index (χ1) is 9.72. The monoisotopic (exact) mass is 336 g/mol. The molecule has 2 aliphatic heterocycles. The standard InChI is InChI=1S/C16H21BrN2O/c1-2-9-19-14(20)4-3-12-10-11-5-7-18-8-6-13(11)15(17)16(12)19/h10,18H,2-9H2,1H3. The molecule has 0 saturated heterocycles. The van der Waals surface area contributed by atoms with Crippen LogP contribution in [0.5, 0.6) is 0 Å². The molecule has 108 valence electrons. The Balaban J connectivity index is 2.11. The molecule has 0 atom stereocenters. The minimum Gasteiger partial charge on any atom is -0.316 e. The number of hydrogen-bond acceptors (Lipinski definition) is 2. The third-order valence-electron chi connectivity index (χ3n) is 4.26. The molecule has 0 aliphatic carbocycles. The smallest absolute Gasteiger partial charge is 0.227 e. The van der Waals surface area contributed by atoms with Gasteiger partial charge in [-0.2, -0.15) is 0 Å². The van der Waals surface area contributed by atoms with E-state index in [0.29, 0.717) is 6.42 Å². The highest BCUT2D eigenvalue weighted by Gasteiger charge is 2.28. The molecule has 1 amide bonds. The second-order valence-electron chi connectivity index (χ2n) is 5.63. The minimum atomic E-state index is 0.270. The summed E-state index contributed by atoms with van der Waals surface area (Å²) in [6.07, 6.45) is 4.65. The average Bonchev–Trinajstić information content (AvgIpc) is 2.68. The van der Waals surface area contributed by atoms with E-state index in [0.717, 1.165) is 55.5 Å². The quantitative estimate of drug-likeness (QED) is 0.900. The lowest BCUT2D eigenvalue weighted by Gasteiger charge is -2.32. The molecule has 1 aromatic carbocycles. The molecule has 0 radical (unpaired) electrons. The molecular weight excluding hydrogens is 316 g/mol. The van der Waals surface area contributed by atoms with Gasteiger partial charge in [0, 0.05) is 17.4 Å². The molecule has 2 aliphatic rings. The molecule has 2 heterocycles. The fourth-order valence-electron chi connectivity index (χ4n) is 3.29. The van der Waals surface area contributed by atoms with E-state index in [1.165, 1.54) is 16.7 Å². The maximum Gasteiger partial charge on any atom is 0.227 e. The first kappa shape index (κ1) is 14.1. The van der Waals surface area contributed by atoms with Crippen molar-refractivity contribution in [1.29, 1.82) is 0 Å². The number of benzene rings is 1. The summed E-state index contributed by atoms with van der Waals surface area (Å²) in [4.78, 5) is 14.2. The molecule has 0 unspecified atom stereocenters. The molecule has 0 bridgehead atoms. The average molecular weight is 337 g/mol. The van der Waals surface area contributed by atoms with Gasteiger partial charge in [-0.05, 0) is 71.4 Å². The van der Waals surface area contributed by atoms with Crippen molar-refractivity contribution >= 4 is 27.5 Å². The van der Waals surface area contributed by atoms with Crippen LogP contribution in [0.1, 0.15) is 36.5 Å². The Morgan fingerprint density at radius 1 is 1.20 bits per heavy atom. The van der Waals surface area contributed by atoms with Crippen LogP contribution in [0.4, 0.5) is 5.69 Å². The van der Waals surface area contributed by atoms with Crippen molar-refractivity contribution in [3.05, 3.63) is 27.2 Å². The number of carbonyl (C=O) groups is 1. The summed E-state index contributed by atoms with van der Waals surface area (Å²) in [7, 11) is 0.